The topological polar surface area (TPSA) is 114 Å². The van der Waals surface area contributed by atoms with Crippen LogP contribution in [0.2, 0.25) is 10.0 Å². The SMILES string of the molecule is COc1cc(OC)c(Cl)c(-c2ccc(C(=N)C(C)C(=O)c3ccc(N4C[C@@H](C)N[C@@H](C)C4)cc3)c(N)n2)c1Cl. The number of pyridine rings is 1. The quantitative estimate of drug-likeness (QED) is 0.234. The highest BCUT2D eigenvalue weighted by molar-refractivity contribution is 6.41. The number of ketones is 1. The van der Waals surface area contributed by atoms with E-state index in [1.807, 2.05) is 24.3 Å². The van der Waals surface area contributed by atoms with Gasteiger partial charge in [0.05, 0.1) is 41.6 Å². The number of piperazine rings is 1. The molecule has 2 heterocycles. The van der Waals surface area contributed by atoms with Crippen molar-refractivity contribution in [2.75, 3.05) is 37.9 Å². The number of hydrogen-bond acceptors (Lipinski definition) is 8. The van der Waals surface area contributed by atoms with Crippen molar-refractivity contribution in [1.29, 1.82) is 5.41 Å². The van der Waals surface area contributed by atoms with Gasteiger partial charge in [0.1, 0.15) is 17.3 Å². The summed E-state index contributed by atoms with van der Waals surface area (Å²) in [6, 6.07) is 13.3. The number of Topliss-reactive ketones (excluding diaryl/α,β-unsaturated/α-hetero) is 1. The van der Waals surface area contributed by atoms with E-state index in [4.69, 9.17) is 43.8 Å². The fourth-order valence-corrected chi connectivity index (χ4v) is 5.64. The Morgan fingerprint density at radius 1 is 1.05 bits per heavy atom. The lowest BCUT2D eigenvalue weighted by atomic mass is 9.90. The number of nitrogens with zero attached hydrogens (tertiary/aromatic N) is 2. The van der Waals surface area contributed by atoms with Crippen LogP contribution >= 0.6 is 23.2 Å². The van der Waals surface area contributed by atoms with Gasteiger partial charge >= 0.3 is 0 Å². The molecule has 206 valence electrons. The Kier molecular flexibility index (Phi) is 8.69. The zero-order chi connectivity index (χ0) is 28.4. The van der Waals surface area contributed by atoms with E-state index < -0.39 is 5.92 Å². The highest BCUT2D eigenvalue weighted by Crippen LogP contribution is 2.45. The van der Waals surface area contributed by atoms with Gasteiger partial charge < -0.3 is 30.8 Å². The molecule has 1 fully saturated rings. The number of nitrogen functional groups attached to an aromatic ring is 1. The molecule has 0 aliphatic carbocycles. The smallest absolute Gasteiger partial charge is 0.171 e. The summed E-state index contributed by atoms with van der Waals surface area (Å²) in [5.41, 5.74) is 9.12. The van der Waals surface area contributed by atoms with E-state index >= 15 is 0 Å². The van der Waals surface area contributed by atoms with E-state index in [1.54, 1.807) is 25.1 Å². The summed E-state index contributed by atoms with van der Waals surface area (Å²) in [4.78, 5) is 20.1. The van der Waals surface area contributed by atoms with Crippen molar-refractivity contribution >= 4 is 46.2 Å². The number of carbonyl (C=O) groups is 1. The minimum absolute atomic E-state index is 0.0748. The number of nitrogens with one attached hydrogen (secondary N) is 2. The monoisotopic (exact) mass is 569 g/mol. The van der Waals surface area contributed by atoms with Crippen LogP contribution in [0, 0.1) is 11.3 Å². The first kappa shape index (κ1) is 28.7. The van der Waals surface area contributed by atoms with E-state index in [9.17, 15) is 4.79 Å². The summed E-state index contributed by atoms with van der Waals surface area (Å²) >= 11 is 13.1. The molecule has 0 bridgehead atoms. The van der Waals surface area contributed by atoms with Crippen molar-refractivity contribution in [3.63, 3.8) is 0 Å². The highest BCUT2D eigenvalue weighted by Gasteiger charge is 2.26. The molecule has 0 spiro atoms. The number of nitrogens with two attached hydrogens (primary N) is 1. The van der Waals surface area contributed by atoms with E-state index in [-0.39, 0.29) is 27.4 Å². The standard InChI is InChI=1S/C29H33Cl2N5O3/c1-15-13-36(14-16(2)34-15)19-8-6-18(7-9-19)28(37)17(3)27(32)20-10-11-21(35-29(20)33)24-25(30)22(38-4)12-23(39-5)26(24)31/h6-12,15-17,32,34H,13-14H2,1-5H3,(H2,33,35)/t15-,16+,17?. The second kappa shape index (κ2) is 11.8. The third kappa shape index (κ3) is 5.83. The van der Waals surface area contributed by atoms with Crippen molar-refractivity contribution in [2.24, 2.45) is 5.92 Å². The molecule has 4 N–H and O–H groups in total. The Bertz CT molecular complexity index is 1360. The molecule has 1 saturated heterocycles. The fraction of sp³-hybridized carbons (Fsp3) is 0.345. The van der Waals surface area contributed by atoms with Gasteiger partial charge in [-0.1, -0.05) is 23.2 Å². The minimum atomic E-state index is -0.728. The molecule has 39 heavy (non-hydrogen) atoms. The summed E-state index contributed by atoms with van der Waals surface area (Å²) in [6.45, 7) is 7.83. The summed E-state index contributed by atoms with van der Waals surface area (Å²) < 4.78 is 10.7. The molecule has 3 aromatic rings. The molecule has 0 saturated carbocycles. The number of rotatable bonds is 8. The third-order valence-electron chi connectivity index (χ3n) is 6.95. The summed E-state index contributed by atoms with van der Waals surface area (Å²) in [5, 5.41) is 12.8. The van der Waals surface area contributed by atoms with Crippen LogP contribution < -0.4 is 25.4 Å². The van der Waals surface area contributed by atoms with Gasteiger partial charge in [0.2, 0.25) is 0 Å². The van der Waals surface area contributed by atoms with E-state index in [0.717, 1.165) is 18.8 Å². The van der Waals surface area contributed by atoms with Crippen LogP contribution in [0.15, 0.2) is 42.5 Å². The molecule has 1 aliphatic heterocycles. The number of anilines is 2. The predicted octanol–water partition coefficient (Wildman–Crippen LogP) is 5.73. The van der Waals surface area contributed by atoms with Crippen molar-refractivity contribution in [3.8, 4) is 22.8 Å². The number of halogens is 2. The molecule has 1 aliphatic rings. The molecule has 1 aromatic heterocycles. The van der Waals surface area contributed by atoms with Crippen molar-refractivity contribution in [1.82, 2.24) is 10.3 Å². The molecule has 1 unspecified atom stereocenters. The molecule has 0 radical (unpaired) electrons. The molecule has 0 amide bonds. The summed E-state index contributed by atoms with van der Waals surface area (Å²) in [7, 11) is 2.98. The fourth-order valence-electron chi connectivity index (χ4n) is 4.94. The van der Waals surface area contributed by atoms with Gasteiger partial charge in [0.15, 0.2) is 5.78 Å². The average molecular weight is 571 g/mol. The second-order valence-corrected chi connectivity index (χ2v) is 10.6. The first-order valence-electron chi connectivity index (χ1n) is 12.7. The molecule has 10 heteroatoms. The van der Waals surface area contributed by atoms with Gasteiger partial charge in [0, 0.05) is 53.6 Å². The van der Waals surface area contributed by atoms with Gasteiger partial charge in [-0.15, -0.1) is 0 Å². The van der Waals surface area contributed by atoms with Crippen LogP contribution in [0.1, 0.15) is 36.7 Å². The van der Waals surface area contributed by atoms with Crippen LogP contribution in [0.25, 0.3) is 11.3 Å². The Hall–Kier alpha value is -3.33. The largest absolute Gasteiger partial charge is 0.495 e. The molecular formula is C29H33Cl2N5O3. The Morgan fingerprint density at radius 3 is 2.13 bits per heavy atom. The molecule has 2 aromatic carbocycles. The van der Waals surface area contributed by atoms with Gasteiger partial charge in [-0.2, -0.15) is 0 Å². The van der Waals surface area contributed by atoms with Crippen LogP contribution in [0.3, 0.4) is 0 Å². The van der Waals surface area contributed by atoms with E-state index in [2.05, 4.69) is 29.0 Å². The Labute approximate surface area is 238 Å². The maximum atomic E-state index is 13.3. The number of hydrogen-bond donors (Lipinski definition) is 3. The van der Waals surface area contributed by atoms with E-state index in [1.165, 1.54) is 14.2 Å². The molecule has 4 rings (SSSR count). The third-order valence-corrected chi connectivity index (χ3v) is 7.70. The van der Waals surface area contributed by atoms with Gasteiger partial charge in [-0.05, 0) is 57.2 Å². The maximum Gasteiger partial charge on any atom is 0.171 e. The van der Waals surface area contributed by atoms with Crippen molar-refractivity contribution < 1.29 is 14.3 Å². The molecule has 3 atom stereocenters. The van der Waals surface area contributed by atoms with Crippen molar-refractivity contribution in [2.45, 2.75) is 32.9 Å². The zero-order valence-corrected chi connectivity index (χ0v) is 24.2. The second-order valence-electron chi connectivity index (χ2n) is 9.83. The summed E-state index contributed by atoms with van der Waals surface area (Å²) in [5.74, 6) is -0.0641. The number of benzene rings is 2. The lowest BCUT2D eigenvalue weighted by molar-refractivity contribution is 0.0961. The number of ether oxygens (including phenoxy) is 2. The number of carbonyl (C=O) groups excluding carboxylic acids is 1. The Balaban J connectivity index is 1.55. The van der Waals surface area contributed by atoms with Crippen LogP contribution in [0.5, 0.6) is 11.5 Å². The zero-order valence-electron chi connectivity index (χ0n) is 22.6. The number of aromatic nitrogens is 1. The first-order valence-corrected chi connectivity index (χ1v) is 13.4. The van der Waals surface area contributed by atoms with Crippen LogP contribution in [-0.4, -0.2) is 55.9 Å². The molecule has 8 nitrogen and oxygen atoms in total. The van der Waals surface area contributed by atoms with Gasteiger partial charge in [-0.3, -0.25) is 4.79 Å². The number of methoxy groups -OCH3 is 2. The normalized spacial score (nSPS) is 18.0. The van der Waals surface area contributed by atoms with Crippen molar-refractivity contribution in [3.05, 3.63) is 63.6 Å². The van der Waals surface area contributed by atoms with Gasteiger partial charge in [-0.25, -0.2) is 4.98 Å². The lowest BCUT2D eigenvalue weighted by Crippen LogP contribution is -2.54. The minimum Gasteiger partial charge on any atom is -0.495 e. The maximum absolute atomic E-state index is 13.3. The first-order chi connectivity index (χ1) is 18.5. The highest BCUT2D eigenvalue weighted by atomic mass is 35.5. The van der Waals surface area contributed by atoms with Gasteiger partial charge in [0.25, 0.3) is 0 Å². The average Bonchev–Trinajstić information content (AvgIpc) is 2.92. The predicted molar refractivity (Wildman–Crippen MR) is 158 cm³/mol. The van der Waals surface area contributed by atoms with Crippen LogP contribution in [-0.2, 0) is 0 Å². The molecular weight excluding hydrogens is 537 g/mol. The van der Waals surface area contributed by atoms with Crippen LogP contribution in [0.4, 0.5) is 11.5 Å². The summed E-state index contributed by atoms with van der Waals surface area (Å²) in [6.07, 6.45) is 0. The lowest BCUT2D eigenvalue weighted by Gasteiger charge is -2.37. The Morgan fingerprint density at radius 2 is 1.62 bits per heavy atom. The van der Waals surface area contributed by atoms with E-state index in [0.29, 0.717) is 46.0 Å².